The molecule has 0 aromatic carbocycles. The zero-order valence-corrected chi connectivity index (χ0v) is 12.8. The molecular weight excluding hydrogens is 284 g/mol. The standard InChI is InChI=1S/C16H18N2O2S/c1-11-5-9-21-15(11)16(20)18-7-3-12(4-8-18)13-2-6-17-14(19)10-13/h2,5-6,9-10,12H,3-4,7-8H2,1H3,(H,17,19). The third kappa shape index (κ3) is 2.93. The molecule has 4 nitrogen and oxygen atoms in total. The maximum Gasteiger partial charge on any atom is 0.264 e. The predicted molar refractivity (Wildman–Crippen MR) is 84.0 cm³/mol. The van der Waals surface area contributed by atoms with E-state index >= 15 is 0 Å². The fourth-order valence-corrected chi connectivity index (χ4v) is 3.76. The molecule has 0 saturated carbocycles. The first-order valence-corrected chi connectivity index (χ1v) is 8.05. The van der Waals surface area contributed by atoms with Gasteiger partial charge in [0.15, 0.2) is 0 Å². The van der Waals surface area contributed by atoms with Crippen molar-refractivity contribution in [3.8, 4) is 0 Å². The Morgan fingerprint density at radius 1 is 1.33 bits per heavy atom. The van der Waals surface area contributed by atoms with Gasteiger partial charge in [0, 0.05) is 25.4 Å². The van der Waals surface area contributed by atoms with Crippen LogP contribution in [0.2, 0.25) is 0 Å². The second-order valence-electron chi connectivity index (χ2n) is 5.49. The van der Waals surface area contributed by atoms with Gasteiger partial charge < -0.3 is 9.88 Å². The highest BCUT2D eigenvalue weighted by atomic mass is 32.1. The second-order valence-corrected chi connectivity index (χ2v) is 6.40. The molecule has 1 saturated heterocycles. The molecule has 1 fully saturated rings. The van der Waals surface area contributed by atoms with Crippen LogP contribution in [0.5, 0.6) is 0 Å². The summed E-state index contributed by atoms with van der Waals surface area (Å²) in [5.74, 6) is 0.521. The SMILES string of the molecule is Cc1ccsc1C(=O)N1CCC(c2cc[nH]c(=O)c2)CC1. The summed E-state index contributed by atoms with van der Waals surface area (Å²) in [7, 11) is 0. The molecule has 110 valence electrons. The Balaban J connectivity index is 1.67. The molecule has 0 radical (unpaired) electrons. The molecule has 3 rings (SSSR count). The molecule has 0 aliphatic carbocycles. The first-order valence-electron chi connectivity index (χ1n) is 7.17. The van der Waals surface area contributed by atoms with Crippen LogP contribution in [0.25, 0.3) is 0 Å². The minimum Gasteiger partial charge on any atom is -0.338 e. The van der Waals surface area contributed by atoms with Crippen LogP contribution in [-0.4, -0.2) is 28.9 Å². The number of aromatic amines is 1. The number of piperidine rings is 1. The number of aryl methyl sites for hydroxylation is 1. The molecule has 21 heavy (non-hydrogen) atoms. The predicted octanol–water partition coefficient (Wildman–Crippen LogP) is 2.76. The summed E-state index contributed by atoms with van der Waals surface area (Å²) in [6.07, 6.45) is 3.53. The summed E-state index contributed by atoms with van der Waals surface area (Å²) in [4.78, 5) is 29.3. The van der Waals surface area contributed by atoms with Crippen LogP contribution in [0.4, 0.5) is 0 Å². The Morgan fingerprint density at radius 3 is 2.71 bits per heavy atom. The van der Waals surface area contributed by atoms with Crippen LogP contribution in [0.3, 0.4) is 0 Å². The minimum atomic E-state index is -0.0554. The average molecular weight is 302 g/mol. The van der Waals surface area contributed by atoms with E-state index in [1.54, 1.807) is 12.3 Å². The molecule has 2 aromatic heterocycles. The largest absolute Gasteiger partial charge is 0.338 e. The molecule has 0 unspecified atom stereocenters. The van der Waals surface area contributed by atoms with E-state index in [9.17, 15) is 9.59 Å². The lowest BCUT2D eigenvalue weighted by atomic mass is 9.90. The first-order chi connectivity index (χ1) is 10.1. The average Bonchev–Trinajstić information content (AvgIpc) is 2.93. The highest BCUT2D eigenvalue weighted by Crippen LogP contribution is 2.28. The van der Waals surface area contributed by atoms with E-state index in [1.165, 1.54) is 11.3 Å². The van der Waals surface area contributed by atoms with Crippen LogP contribution in [0.1, 0.15) is 39.6 Å². The van der Waals surface area contributed by atoms with Crippen molar-refractivity contribution in [2.24, 2.45) is 0 Å². The number of carbonyl (C=O) groups excluding carboxylic acids is 1. The number of rotatable bonds is 2. The fourth-order valence-electron chi connectivity index (χ4n) is 2.87. The van der Waals surface area contributed by atoms with Crippen LogP contribution < -0.4 is 5.56 Å². The molecule has 2 aromatic rings. The number of carbonyl (C=O) groups is 1. The molecule has 0 spiro atoms. The second kappa shape index (κ2) is 5.85. The van der Waals surface area contributed by atoms with E-state index in [1.807, 2.05) is 29.3 Å². The third-order valence-electron chi connectivity index (χ3n) is 4.11. The van der Waals surface area contributed by atoms with Gasteiger partial charge in [-0.3, -0.25) is 9.59 Å². The van der Waals surface area contributed by atoms with Gasteiger partial charge in [-0.05, 0) is 54.3 Å². The van der Waals surface area contributed by atoms with Gasteiger partial charge in [0.2, 0.25) is 5.56 Å². The maximum absolute atomic E-state index is 12.5. The lowest BCUT2D eigenvalue weighted by Gasteiger charge is -2.32. The van der Waals surface area contributed by atoms with E-state index in [2.05, 4.69) is 4.98 Å². The van der Waals surface area contributed by atoms with Gasteiger partial charge in [0.05, 0.1) is 4.88 Å². The lowest BCUT2D eigenvalue weighted by molar-refractivity contribution is 0.0717. The number of hydrogen-bond acceptors (Lipinski definition) is 3. The minimum absolute atomic E-state index is 0.0554. The number of amides is 1. The normalized spacial score (nSPS) is 16.1. The summed E-state index contributed by atoms with van der Waals surface area (Å²) >= 11 is 1.51. The van der Waals surface area contributed by atoms with Crippen LogP contribution in [0.15, 0.2) is 34.6 Å². The first kappa shape index (κ1) is 14.1. The van der Waals surface area contributed by atoms with Crippen LogP contribution in [-0.2, 0) is 0 Å². The number of thiophene rings is 1. The summed E-state index contributed by atoms with van der Waals surface area (Å²) in [6.45, 7) is 3.49. The molecular formula is C16H18N2O2S. The molecule has 1 aliphatic heterocycles. The Kier molecular flexibility index (Phi) is 3.92. The van der Waals surface area contributed by atoms with E-state index < -0.39 is 0 Å². The molecule has 1 amide bonds. The maximum atomic E-state index is 12.5. The number of nitrogens with zero attached hydrogens (tertiary/aromatic N) is 1. The molecule has 5 heteroatoms. The summed E-state index contributed by atoms with van der Waals surface area (Å²) in [5.41, 5.74) is 2.08. The molecule has 1 N–H and O–H groups in total. The highest BCUT2D eigenvalue weighted by Gasteiger charge is 2.25. The van der Waals surface area contributed by atoms with Crippen LogP contribution >= 0.6 is 11.3 Å². The highest BCUT2D eigenvalue weighted by molar-refractivity contribution is 7.12. The van der Waals surface area contributed by atoms with Gasteiger partial charge in [-0.15, -0.1) is 11.3 Å². The van der Waals surface area contributed by atoms with Crippen molar-refractivity contribution in [1.29, 1.82) is 0 Å². The van der Waals surface area contributed by atoms with Crippen molar-refractivity contribution >= 4 is 17.2 Å². The third-order valence-corrected chi connectivity index (χ3v) is 5.11. The Labute approximate surface area is 127 Å². The van der Waals surface area contributed by atoms with Crippen molar-refractivity contribution in [3.05, 3.63) is 56.1 Å². The zero-order chi connectivity index (χ0) is 14.8. The molecule has 1 aliphatic rings. The number of nitrogens with one attached hydrogen (secondary N) is 1. The van der Waals surface area contributed by atoms with Crippen LogP contribution in [0, 0.1) is 6.92 Å². The van der Waals surface area contributed by atoms with E-state index in [-0.39, 0.29) is 11.5 Å². The van der Waals surface area contributed by atoms with E-state index in [0.29, 0.717) is 5.92 Å². The Bertz CT molecular complexity index is 696. The summed E-state index contributed by atoms with van der Waals surface area (Å²) < 4.78 is 0. The number of pyridine rings is 1. The molecule has 3 heterocycles. The van der Waals surface area contributed by atoms with Gasteiger partial charge in [-0.1, -0.05) is 0 Å². The van der Waals surface area contributed by atoms with E-state index in [0.717, 1.165) is 41.9 Å². The van der Waals surface area contributed by atoms with Gasteiger partial charge in [0.1, 0.15) is 0 Å². The molecule has 0 atom stereocenters. The smallest absolute Gasteiger partial charge is 0.264 e. The monoisotopic (exact) mass is 302 g/mol. The summed E-state index contributed by atoms with van der Waals surface area (Å²) in [6, 6.07) is 5.62. The number of aromatic nitrogens is 1. The van der Waals surface area contributed by atoms with Crippen molar-refractivity contribution in [2.45, 2.75) is 25.7 Å². The number of hydrogen-bond donors (Lipinski definition) is 1. The molecule has 0 bridgehead atoms. The fraction of sp³-hybridized carbons (Fsp3) is 0.375. The van der Waals surface area contributed by atoms with Crippen molar-refractivity contribution in [2.75, 3.05) is 13.1 Å². The summed E-state index contributed by atoms with van der Waals surface area (Å²) in [5, 5.41) is 1.96. The Morgan fingerprint density at radius 2 is 2.10 bits per heavy atom. The number of likely N-dealkylation sites (tertiary alicyclic amines) is 1. The van der Waals surface area contributed by atoms with Gasteiger partial charge in [0.25, 0.3) is 5.91 Å². The quantitative estimate of drug-likeness (QED) is 0.927. The Hall–Kier alpha value is -1.88. The van der Waals surface area contributed by atoms with Crippen molar-refractivity contribution in [1.82, 2.24) is 9.88 Å². The van der Waals surface area contributed by atoms with Gasteiger partial charge in [-0.25, -0.2) is 0 Å². The van der Waals surface area contributed by atoms with Gasteiger partial charge >= 0.3 is 0 Å². The van der Waals surface area contributed by atoms with Gasteiger partial charge in [-0.2, -0.15) is 0 Å². The topological polar surface area (TPSA) is 53.2 Å². The van der Waals surface area contributed by atoms with E-state index in [4.69, 9.17) is 0 Å². The van der Waals surface area contributed by atoms with Crippen molar-refractivity contribution < 1.29 is 4.79 Å². The zero-order valence-electron chi connectivity index (χ0n) is 12.0. The lowest BCUT2D eigenvalue weighted by Crippen LogP contribution is -2.37. The van der Waals surface area contributed by atoms with Crippen molar-refractivity contribution in [3.63, 3.8) is 0 Å². The number of H-pyrrole nitrogens is 1.